The molecule has 0 aliphatic carbocycles. The smallest absolute Gasteiger partial charge is 0.335 e. The van der Waals surface area contributed by atoms with Gasteiger partial charge in [0.1, 0.15) is 0 Å². The molecule has 160 valence electrons. The van der Waals surface area contributed by atoms with Crippen LogP contribution in [0.4, 0.5) is 11.4 Å². The lowest BCUT2D eigenvalue weighted by Crippen LogP contribution is -2.29. The topological polar surface area (TPSA) is 78.3 Å². The van der Waals surface area contributed by atoms with Crippen LogP contribution in [-0.4, -0.2) is 34.1 Å². The highest BCUT2D eigenvalue weighted by Gasteiger charge is 2.17. The maximum atomic E-state index is 11.4. The van der Waals surface area contributed by atoms with Crippen molar-refractivity contribution in [3.63, 3.8) is 0 Å². The number of benzene rings is 2. The highest BCUT2D eigenvalue weighted by atomic mass is 32.2. The van der Waals surface area contributed by atoms with E-state index in [1.54, 1.807) is 30.7 Å². The average molecular weight is 435 g/mol. The fourth-order valence-corrected chi connectivity index (χ4v) is 4.73. The molecule has 1 aromatic heterocycles. The van der Waals surface area contributed by atoms with Gasteiger partial charge in [0.05, 0.1) is 28.8 Å². The summed E-state index contributed by atoms with van der Waals surface area (Å²) in [4.78, 5) is 23.4. The summed E-state index contributed by atoms with van der Waals surface area (Å²) in [7, 11) is 0. The molecule has 0 radical (unpaired) electrons. The number of aryl methyl sites for hydroxylation is 1. The van der Waals surface area contributed by atoms with Gasteiger partial charge in [-0.1, -0.05) is 19.1 Å². The van der Waals surface area contributed by atoms with Crippen molar-refractivity contribution < 1.29 is 9.90 Å². The third kappa shape index (κ3) is 4.99. The van der Waals surface area contributed by atoms with Crippen LogP contribution in [-0.2, 0) is 6.42 Å². The normalized spacial score (nSPS) is 13.8. The fraction of sp³-hybridized carbons (Fsp3) is 0.292. The van der Waals surface area contributed by atoms with Crippen molar-refractivity contribution in [3.05, 3.63) is 66.1 Å². The molecule has 4 rings (SSSR count). The van der Waals surface area contributed by atoms with Crippen LogP contribution in [0.3, 0.4) is 0 Å². The molecule has 31 heavy (non-hydrogen) atoms. The van der Waals surface area contributed by atoms with Crippen LogP contribution in [0, 0.1) is 0 Å². The van der Waals surface area contributed by atoms with E-state index in [-0.39, 0.29) is 0 Å². The van der Waals surface area contributed by atoms with E-state index in [4.69, 9.17) is 0 Å². The van der Waals surface area contributed by atoms with Gasteiger partial charge in [-0.25, -0.2) is 4.79 Å². The summed E-state index contributed by atoms with van der Waals surface area (Å²) < 4.78 is 3.51. The maximum absolute atomic E-state index is 11.4. The van der Waals surface area contributed by atoms with Gasteiger partial charge < -0.3 is 14.7 Å². The minimum Gasteiger partial charge on any atom is -0.478 e. The average Bonchev–Trinajstić information content (AvgIpc) is 2.83. The molecule has 1 saturated heterocycles. The standard InChI is InChI=1S/C24H26N4O2S/c1-2-17-6-7-19(24(29)30)15-23(17)31-27-20-14-18(21-16-25-10-11-26-21)8-9-22(20)28-12-4-3-5-13-28/h6-11,14-16,27H,2-5,12-13H2,1H3,(H,29,30). The van der Waals surface area contributed by atoms with Gasteiger partial charge in [0.2, 0.25) is 0 Å². The van der Waals surface area contributed by atoms with E-state index in [9.17, 15) is 9.90 Å². The van der Waals surface area contributed by atoms with Crippen LogP contribution in [0.15, 0.2) is 59.9 Å². The summed E-state index contributed by atoms with van der Waals surface area (Å²) in [6.07, 6.45) is 9.62. The van der Waals surface area contributed by atoms with Crippen molar-refractivity contribution in [2.24, 2.45) is 0 Å². The Hall–Kier alpha value is -3.06. The van der Waals surface area contributed by atoms with Gasteiger partial charge in [-0.05, 0) is 67.5 Å². The Bertz CT molecular complexity index is 1050. The van der Waals surface area contributed by atoms with E-state index in [1.807, 2.05) is 6.07 Å². The molecule has 0 spiro atoms. The van der Waals surface area contributed by atoms with Gasteiger partial charge in [-0.2, -0.15) is 0 Å². The number of nitrogens with zero attached hydrogens (tertiary/aromatic N) is 3. The number of nitrogens with one attached hydrogen (secondary N) is 1. The Morgan fingerprint density at radius 3 is 2.68 bits per heavy atom. The molecule has 6 nitrogen and oxygen atoms in total. The summed E-state index contributed by atoms with van der Waals surface area (Å²) in [5.74, 6) is -0.914. The number of carboxylic acid groups (broad SMARTS) is 1. The third-order valence-corrected chi connectivity index (χ3v) is 6.44. The molecule has 1 aliphatic rings. The van der Waals surface area contributed by atoms with Crippen LogP contribution in [0.5, 0.6) is 0 Å². The van der Waals surface area contributed by atoms with E-state index >= 15 is 0 Å². The molecule has 1 aliphatic heterocycles. The molecule has 0 bridgehead atoms. The highest BCUT2D eigenvalue weighted by Crippen LogP contribution is 2.36. The molecular formula is C24H26N4O2S. The van der Waals surface area contributed by atoms with Crippen LogP contribution in [0.25, 0.3) is 11.3 Å². The largest absolute Gasteiger partial charge is 0.478 e. The molecule has 1 fully saturated rings. The Labute approximate surface area is 186 Å². The van der Waals surface area contributed by atoms with Crippen molar-refractivity contribution >= 4 is 29.3 Å². The molecule has 0 unspecified atom stereocenters. The lowest BCUT2D eigenvalue weighted by molar-refractivity contribution is 0.0696. The predicted molar refractivity (Wildman–Crippen MR) is 126 cm³/mol. The minimum atomic E-state index is -0.914. The summed E-state index contributed by atoms with van der Waals surface area (Å²) in [6, 6.07) is 11.6. The van der Waals surface area contributed by atoms with Gasteiger partial charge in [0, 0.05) is 35.9 Å². The lowest BCUT2D eigenvalue weighted by Gasteiger charge is -2.31. The van der Waals surface area contributed by atoms with Crippen molar-refractivity contribution in [2.75, 3.05) is 22.7 Å². The first-order valence-electron chi connectivity index (χ1n) is 10.6. The monoisotopic (exact) mass is 434 g/mol. The number of aromatic carboxylic acids is 1. The summed E-state index contributed by atoms with van der Waals surface area (Å²) in [5, 5.41) is 9.39. The van der Waals surface area contributed by atoms with E-state index in [0.717, 1.165) is 52.6 Å². The van der Waals surface area contributed by atoms with Crippen LogP contribution < -0.4 is 9.62 Å². The van der Waals surface area contributed by atoms with Crippen molar-refractivity contribution in [1.29, 1.82) is 0 Å². The number of hydrogen-bond donors (Lipinski definition) is 2. The van der Waals surface area contributed by atoms with Crippen molar-refractivity contribution in [1.82, 2.24) is 9.97 Å². The van der Waals surface area contributed by atoms with Gasteiger partial charge in [-0.15, -0.1) is 0 Å². The van der Waals surface area contributed by atoms with Gasteiger partial charge in [0.25, 0.3) is 0 Å². The first-order chi connectivity index (χ1) is 15.2. The molecule has 3 aromatic rings. The Kier molecular flexibility index (Phi) is 6.72. The van der Waals surface area contributed by atoms with Gasteiger partial charge in [0.15, 0.2) is 0 Å². The zero-order valence-corrected chi connectivity index (χ0v) is 18.4. The van der Waals surface area contributed by atoms with E-state index in [1.165, 1.54) is 31.2 Å². The Balaban J connectivity index is 1.66. The molecule has 2 N–H and O–H groups in total. The summed E-state index contributed by atoms with van der Waals surface area (Å²) in [6.45, 7) is 4.16. The number of carbonyl (C=O) groups is 1. The second kappa shape index (κ2) is 9.83. The second-order valence-electron chi connectivity index (χ2n) is 7.56. The predicted octanol–water partition coefficient (Wildman–Crippen LogP) is 5.51. The zero-order valence-electron chi connectivity index (χ0n) is 17.5. The molecule has 2 aromatic carbocycles. The van der Waals surface area contributed by atoms with Gasteiger partial charge >= 0.3 is 5.97 Å². The molecule has 0 amide bonds. The number of rotatable bonds is 7. The SMILES string of the molecule is CCc1ccc(C(=O)O)cc1SNc1cc(-c2cnccn2)ccc1N1CCCCC1. The lowest BCUT2D eigenvalue weighted by atomic mass is 10.1. The van der Waals surface area contributed by atoms with Crippen LogP contribution >= 0.6 is 11.9 Å². The van der Waals surface area contributed by atoms with Crippen LogP contribution in [0.1, 0.15) is 42.1 Å². The fourth-order valence-electron chi connectivity index (χ4n) is 3.82. The summed E-state index contributed by atoms with van der Waals surface area (Å²) in [5.41, 5.74) is 5.39. The van der Waals surface area contributed by atoms with E-state index in [2.05, 4.69) is 44.7 Å². The number of aromatic nitrogens is 2. The zero-order chi connectivity index (χ0) is 21.6. The van der Waals surface area contributed by atoms with Crippen molar-refractivity contribution in [3.8, 4) is 11.3 Å². The third-order valence-electron chi connectivity index (χ3n) is 5.52. The first-order valence-corrected chi connectivity index (χ1v) is 11.4. The first kappa shape index (κ1) is 21.2. The molecule has 0 atom stereocenters. The van der Waals surface area contributed by atoms with Crippen molar-refractivity contribution in [2.45, 2.75) is 37.5 Å². The van der Waals surface area contributed by atoms with E-state index in [0.29, 0.717) is 5.56 Å². The number of hydrogen-bond acceptors (Lipinski definition) is 6. The molecule has 0 saturated carbocycles. The molecule has 2 heterocycles. The van der Waals surface area contributed by atoms with Crippen LogP contribution in [0.2, 0.25) is 0 Å². The number of carboxylic acids is 1. The number of anilines is 2. The van der Waals surface area contributed by atoms with Gasteiger partial charge in [-0.3, -0.25) is 9.97 Å². The molecule has 7 heteroatoms. The quantitative estimate of drug-likeness (QED) is 0.474. The summed E-state index contributed by atoms with van der Waals surface area (Å²) >= 11 is 1.46. The van der Waals surface area contributed by atoms with E-state index < -0.39 is 5.97 Å². The maximum Gasteiger partial charge on any atom is 0.335 e. The highest BCUT2D eigenvalue weighted by molar-refractivity contribution is 8.00. The number of piperidine rings is 1. The Morgan fingerprint density at radius 1 is 1.13 bits per heavy atom. The molecular weight excluding hydrogens is 408 g/mol. The Morgan fingerprint density at radius 2 is 1.97 bits per heavy atom. The minimum absolute atomic E-state index is 0.297. The second-order valence-corrected chi connectivity index (χ2v) is 8.40.